The molecular formula is C31H35F3N6O2. The van der Waals surface area contributed by atoms with Crippen LogP contribution in [0, 0.1) is 11.3 Å². The second kappa shape index (κ2) is 12.8. The molecule has 1 aliphatic rings. The first kappa shape index (κ1) is 30.8. The monoisotopic (exact) mass is 580 g/mol. The number of carbonyl (C=O) groups excluding carboxylic acids is 1. The molecule has 1 N–H and O–H groups in total. The number of rotatable bonds is 9. The molecule has 0 aliphatic carbocycles. The Morgan fingerprint density at radius 3 is 2.52 bits per heavy atom. The fourth-order valence-corrected chi connectivity index (χ4v) is 5.48. The molecule has 1 atom stereocenters. The van der Waals surface area contributed by atoms with Crippen molar-refractivity contribution in [2.45, 2.75) is 44.3 Å². The lowest BCUT2D eigenvalue weighted by Gasteiger charge is -2.42. The number of nitrogens with one attached hydrogen (secondary N) is 1. The first-order valence-electron chi connectivity index (χ1n) is 13.8. The quantitative estimate of drug-likeness (QED) is 0.379. The van der Waals surface area contributed by atoms with Gasteiger partial charge in [0.2, 0.25) is 11.8 Å². The van der Waals surface area contributed by atoms with Crippen LogP contribution in [0.3, 0.4) is 0 Å². The molecule has 3 aromatic rings. The lowest BCUT2D eigenvalue weighted by Crippen LogP contribution is -2.54. The maximum Gasteiger partial charge on any atom is 0.416 e. The Morgan fingerprint density at radius 1 is 1.19 bits per heavy atom. The summed E-state index contributed by atoms with van der Waals surface area (Å²) in [7, 11) is 3.87. The van der Waals surface area contributed by atoms with E-state index in [0.717, 1.165) is 23.3 Å². The first-order valence-corrected chi connectivity index (χ1v) is 13.8. The van der Waals surface area contributed by atoms with Crippen LogP contribution in [-0.2, 0) is 16.4 Å². The fraction of sp³-hybridized carbons (Fsp3) is 0.419. The van der Waals surface area contributed by atoms with Crippen molar-refractivity contribution in [1.29, 1.82) is 5.26 Å². The first-order chi connectivity index (χ1) is 20.0. The summed E-state index contributed by atoms with van der Waals surface area (Å²) in [4.78, 5) is 26.8. The van der Waals surface area contributed by atoms with E-state index in [1.165, 1.54) is 6.07 Å². The maximum absolute atomic E-state index is 13.9. The molecular weight excluding hydrogens is 545 g/mol. The molecule has 0 unspecified atom stereocenters. The van der Waals surface area contributed by atoms with Gasteiger partial charge >= 0.3 is 6.18 Å². The van der Waals surface area contributed by atoms with E-state index in [9.17, 15) is 23.2 Å². The van der Waals surface area contributed by atoms with Gasteiger partial charge in [0.25, 0.3) is 0 Å². The molecule has 3 heterocycles. The molecule has 0 bridgehead atoms. The molecule has 222 valence electrons. The number of amides is 1. The number of carbonyl (C=O) groups is 1. The molecule has 1 aliphatic heterocycles. The molecule has 4 rings (SSSR count). The Labute approximate surface area is 244 Å². The van der Waals surface area contributed by atoms with Gasteiger partial charge in [0.05, 0.1) is 40.1 Å². The Kier molecular flexibility index (Phi) is 9.36. The van der Waals surface area contributed by atoms with Crippen molar-refractivity contribution in [3.05, 3.63) is 71.5 Å². The van der Waals surface area contributed by atoms with E-state index in [-0.39, 0.29) is 17.5 Å². The minimum atomic E-state index is -4.54. The van der Waals surface area contributed by atoms with E-state index in [1.807, 2.05) is 62.0 Å². The van der Waals surface area contributed by atoms with E-state index >= 15 is 0 Å². The average molecular weight is 581 g/mol. The summed E-state index contributed by atoms with van der Waals surface area (Å²) >= 11 is 0. The predicted molar refractivity (Wildman–Crippen MR) is 154 cm³/mol. The number of anilines is 1. The minimum absolute atomic E-state index is 0.0472. The standard InChI is InChI=1S/C31H35F3N6O2/c1-5-42-28-25(7-6-14-36-28)26-10-8-24(19-37-26)30(29(41)38-21(2)20-39(3)4)12-15-40(16-13-30)27-11-9-23(31(32,33)34)17-22(27)18-35/h6-11,14,17,19,21H,5,12-13,15-16,20H2,1-4H3,(H,38,41)/t21-/m0/s1. The SMILES string of the molecule is CCOc1ncccc1-c1ccc(C2(C(=O)N[C@@H](C)CN(C)C)CCN(c3ccc(C(F)(F)F)cc3C#N)CC2)cn1. The molecule has 1 aromatic carbocycles. The Balaban J connectivity index is 1.65. The van der Waals surface area contributed by atoms with Crippen LogP contribution in [0.4, 0.5) is 18.9 Å². The third kappa shape index (κ3) is 6.65. The van der Waals surface area contributed by atoms with Crippen LogP contribution < -0.4 is 15.0 Å². The number of aromatic nitrogens is 2. The van der Waals surface area contributed by atoms with Gasteiger partial charge in [0.1, 0.15) is 6.07 Å². The molecule has 0 spiro atoms. The predicted octanol–water partition coefficient (Wildman–Crippen LogP) is 5.04. The van der Waals surface area contributed by atoms with Crippen LogP contribution in [0.25, 0.3) is 11.3 Å². The molecule has 8 nitrogen and oxygen atoms in total. The molecule has 42 heavy (non-hydrogen) atoms. The number of hydrogen-bond donors (Lipinski definition) is 1. The highest BCUT2D eigenvalue weighted by atomic mass is 19.4. The molecule has 0 saturated carbocycles. The highest BCUT2D eigenvalue weighted by Crippen LogP contribution is 2.40. The lowest BCUT2D eigenvalue weighted by atomic mass is 9.72. The number of benzene rings is 1. The highest BCUT2D eigenvalue weighted by Gasteiger charge is 2.44. The Bertz CT molecular complexity index is 1430. The molecule has 1 amide bonds. The summed E-state index contributed by atoms with van der Waals surface area (Å²) in [5.41, 5.74) is 0.741. The topological polar surface area (TPSA) is 94.4 Å². The number of piperidine rings is 1. The lowest BCUT2D eigenvalue weighted by molar-refractivity contribution is -0.137. The number of pyridine rings is 2. The van der Waals surface area contributed by atoms with Crippen LogP contribution in [0.1, 0.15) is 43.4 Å². The van der Waals surface area contributed by atoms with E-state index in [1.54, 1.807) is 18.5 Å². The summed E-state index contributed by atoms with van der Waals surface area (Å²) in [5.74, 6) is 0.346. The number of halogens is 3. The van der Waals surface area contributed by atoms with Crippen molar-refractivity contribution < 1.29 is 22.7 Å². The second-order valence-corrected chi connectivity index (χ2v) is 10.8. The summed E-state index contributed by atoms with van der Waals surface area (Å²) in [6, 6.07) is 12.4. The van der Waals surface area contributed by atoms with Gasteiger partial charge < -0.3 is 19.9 Å². The van der Waals surface area contributed by atoms with E-state index in [2.05, 4.69) is 15.3 Å². The third-order valence-corrected chi connectivity index (χ3v) is 7.50. The second-order valence-electron chi connectivity index (χ2n) is 10.8. The highest BCUT2D eigenvalue weighted by molar-refractivity contribution is 5.89. The van der Waals surface area contributed by atoms with Crippen LogP contribution in [0.5, 0.6) is 5.88 Å². The van der Waals surface area contributed by atoms with Crippen molar-refractivity contribution >= 4 is 11.6 Å². The Hall–Kier alpha value is -4.17. The fourth-order valence-electron chi connectivity index (χ4n) is 5.48. The van der Waals surface area contributed by atoms with Crippen LogP contribution in [0.15, 0.2) is 54.9 Å². The van der Waals surface area contributed by atoms with Gasteiger partial charge in [-0.2, -0.15) is 18.4 Å². The molecule has 11 heteroatoms. The molecule has 2 aromatic heterocycles. The summed E-state index contributed by atoms with van der Waals surface area (Å²) in [5, 5.41) is 12.8. The van der Waals surface area contributed by atoms with Crippen molar-refractivity contribution in [3.63, 3.8) is 0 Å². The normalized spacial score (nSPS) is 15.6. The van der Waals surface area contributed by atoms with Crippen LogP contribution >= 0.6 is 0 Å². The van der Waals surface area contributed by atoms with E-state index in [4.69, 9.17) is 4.74 Å². The number of nitrogens with zero attached hydrogens (tertiary/aromatic N) is 5. The number of ether oxygens (including phenoxy) is 1. The maximum atomic E-state index is 13.9. The number of likely N-dealkylation sites (N-methyl/N-ethyl adjacent to an activating group) is 1. The van der Waals surface area contributed by atoms with Crippen LogP contribution in [0.2, 0.25) is 0 Å². The molecule has 1 saturated heterocycles. The van der Waals surface area contributed by atoms with Gasteiger partial charge in [-0.3, -0.25) is 9.78 Å². The number of nitriles is 1. The van der Waals surface area contributed by atoms with E-state index < -0.39 is 17.2 Å². The van der Waals surface area contributed by atoms with Crippen LogP contribution in [-0.4, -0.2) is 67.2 Å². The van der Waals surface area contributed by atoms with Gasteiger partial charge in [0, 0.05) is 38.1 Å². The number of hydrogen-bond acceptors (Lipinski definition) is 7. The van der Waals surface area contributed by atoms with Gasteiger partial charge in [-0.1, -0.05) is 6.07 Å². The zero-order chi connectivity index (χ0) is 30.5. The summed E-state index contributed by atoms with van der Waals surface area (Å²) < 4.78 is 45.4. The Morgan fingerprint density at radius 2 is 1.93 bits per heavy atom. The smallest absolute Gasteiger partial charge is 0.416 e. The van der Waals surface area contributed by atoms with Gasteiger partial charge in [0.15, 0.2) is 0 Å². The van der Waals surface area contributed by atoms with Crippen molar-refractivity contribution in [2.75, 3.05) is 45.2 Å². The minimum Gasteiger partial charge on any atom is -0.477 e. The average Bonchev–Trinajstić information content (AvgIpc) is 2.96. The zero-order valence-corrected chi connectivity index (χ0v) is 24.2. The molecule has 1 fully saturated rings. The van der Waals surface area contributed by atoms with E-state index in [0.29, 0.717) is 56.3 Å². The zero-order valence-electron chi connectivity index (χ0n) is 24.2. The van der Waals surface area contributed by atoms with Crippen molar-refractivity contribution in [3.8, 4) is 23.2 Å². The third-order valence-electron chi connectivity index (χ3n) is 7.50. The largest absolute Gasteiger partial charge is 0.477 e. The van der Waals surface area contributed by atoms with Gasteiger partial charge in [-0.05, 0) is 82.7 Å². The number of alkyl halides is 3. The molecule has 0 radical (unpaired) electrons. The van der Waals surface area contributed by atoms with Crippen molar-refractivity contribution in [2.24, 2.45) is 0 Å². The summed E-state index contributed by atoms with van der Waals surface area (Å²) in [6.45, 7) is 5.68. The van der Waals surface area contributed by atoms with Gasteiger partial charge in [-0.25, -0.2) is 4.98 Å². The van der Waals surface area contributed by atoms with Crippen molar-refractivity contribution in [1.82, 2.24) is 20.2 Å². The van der Waals surface area contributed by atoms with Gasteiger partial charge in [-0.15, -0.1) is 0 Å². The summed E-state index contributed by atoms with van der Waals surface area (Å²) in [6.07, 6.45) is -0.405.